The molecule has 2 heterocycles. The first-order valence-corrected chi connectivity index (χ1v) is 19.8. The number of amides is 3. The van der Waals surface area contributed by atoms with E-state index in [2.05, 4.69) is 17.6 Å². The fourth-order valence-corrected chi connectivity index (χ4v) is 8.59. The number of ether oxygens (including phenoxy) is 3. The zero-order valence-electron chi connectivity index (χ0n) is 32.3. The van der Waals surface area contributed by atoms with Gasteiger partial charge in [-0.25, -0.2) is 14.0 Å². The number of anilines is 1. The summed E-state index contributed by atoms with van der Waals surface area (Å²) in [4.78, 5) is 55.3. The number of hydrogen-bond acceptors (Lipinski definition) is 8. The summed E-state index contributed by atoms with van der Waals surface area (Å²) in [5.41, 5.74) is 0.380. The number of esters is 1. The summed E-state index contributed by atoms with van der Waals surface area (Å²) in [6, 6.07) is 5.58. The number of alkyl halides is 1. The van der Waals surface area contributed by atoms with Crippen LogP contribution < -0.4 is 10.6 Å². The van der Waals surface area contributed by atoms with Gasteiger partial charge in [-0.2, -0.15) is 0 Å². The van der Waals surface area contributed by atoms with Gasteiger partial charge in [0.25, 0.3) is 0 Å². The predicted octanol–water partition coefficient (Wildman–Crippen LogP) is 8.20. The molecule has 3 fully saturated rings. The first-order valence-electron chi connectivity index (χ1n) is 19.8. The summed E-state index contributed by atoms with van der Waals surface area (Å²) in [7, 11) is 1.74. The molecule has 5 rings (SSSR count). The Morgan fingerprint density at radius 2 is 1.70 bits per heavy atom. The molecule has 3 amide bonds. The lowest BCUT2D eigenvalue weighted by atomic mass is 9.75. The van der Waals surface area contributed by atoms with E-state index < -0.39 is 36.4 Å². The highest BCUT2D eigenvalue weighted by molar-refractivity contribution is 6.00. The number of fused-ring (bicyclic) bond motifs is 1. The number of nitrogens with zero attached hydrogens (tertiary/aromatic N) is 1. The molecule has 12 heteroatoms. The predicted molar refractivity (Wildman–Crippen MR) is 200 cm³/mol. The highest BCUT2D eigenvalue weighted by Crippen LogP contribution is 2.42. The van der Waals surface area contributed by atoms with E-state index in [0.29, 0.717) is 61.4 Å². The number of carbonyl (C=O) groups excluding carboxylic acids is 4. The molecule has 0 unspecified atom stereocenters. The van der Waals surface area contributed by atoms with Gasteiger partial charge in [0, 0.05) is 30.6 Å². The fourth-order valence-electron chi connectivity index (χ4n) is 8.59. The zero-order valence-corrected chi connectivity index (χ0v) is 32.3. The molecule has 1 saturated heterocycles. The van der Waals surface area contributed by atoms with Crippen LogP contribution in [-0.4, -0.2) is 79.5 Å². The number of likely N-dealkylation sites (tertiary alicyclic amines) is 1. The lowest BCUT2D eigenvalue weighted by Crippen LogP contribution is -2.50. The molecule has 11 nitrogen and oxygen atoms in total. The molecule has 53 heavy (non-hydrogen) atoms. The molecule has 0 radical (unpaired) electrons. The number of unbranched alkanes of at least 4 members (excludes halogenated alkanes) is 3. The first-order chi connectivity index (χ1) is 25.4. The van der Waals surface area contributed by atoms with Crippen LogP contribution in [0, 0.1) is 23.7 Å². The van der Waals surface area contributed by atoms with Crippen molar-refractivity contribution < 1.29 is 42.2 Å². The number of furan rings is 1. The molecule has 294 valence electrons. The molecule has 0 spiro atoms. The number of nitrogens with one attached hydrogen (secondary N) is 2. The van der Waals surface area contributed by atoms with Crippen LogP contribution in [0.3, 0.4) is 0 Å². The van der Waals surface area contributed by atoms with Gasteiger partial charge in [-0.1, -0.05) is 26.2 Å². The lowest BCUT2D eigenvalue weighted by molar-refractivity contribution is -0.142. The number of methoxy groups -OCH3 is 1. The second kappa shape index (κ2) is 18.6. The third-order valence-electron chi connectivity index (χ3n) is 11.4. The largest absolute Gasteiger partial charge is 0.460 e. The van der Waals surface area contributed by atoms with E-state index >= 15 is 0 Å². The van der Waals surface area contributed by atoms with Crippen LogP contribution in [0.15, 0.2) is 28.7 Å². The fraction of sp³-hybridized carbons (Fsp3) is 0.707. The van der Waals surface area contributed by atoms with Crippen LogP contribution in [-0.2, 0) is 23.8 Å². The molecular formula is C41H60FN3O8. The molecule has 2 aliphatic carbocycles. The van der Waals surface area contributed by atoms with Gasteiger partial charge in [-0.15, -0.1) is 0 Å². The minimum absolute atomic E-state index is 0.0124. The molecule has 1 aliphatic heterocycles. The monoisotopic (exact) mass is 741 g/mol. The van der Waals surface area contributed by atoms with Crippen molar-refractivity contribution in [1.82, 2.24) is 10.2 Å². The maximum absolute atomic E-state index is 14.3. The van der Waals surface area contributed by atoms with Crippen LogP contribution in [0.4, 0.5) is 14.9 Å². The van der Waals surface area contributed by atoms with E-state index in [0.717, 1.165) is 57.8 Å². The minimum Gasteiger partial charge on any atom is -0.460 e. The van der Waals surface area contributed by atoms with Gasteiger partial charge in [0.15, 0.2) is 0 Å². The molecule has 3 aliphatic rings. The molecule has 2 aromatic rings. The van der Waals surface area contributed by atoms with Crippen molar-refractivity contribution in [2.45, 2.75) is 135 Å². The number of alkyl carbamates (subject to hydrolysis) is 1. The van der Waals surface area contributed by atoms with Crippen LogP contribution in [0.5, 0.6) is 0 Å². The van der Waals surface area contributed by atoms with Crippen molar-refractivity contribution in [2.75, 3.05) is 32.3 Å². The molecule has 1 aromatic heterocycles. The van der Waals surface area contributed by atoms with Gasteiger partial charge in [-0.3, -0.25) is 9.59 Å². The quantitative estimate of drug-likeness (QED) is 0.146. The van der Waals surface area contributed by atoms with Crippen LogP contribution in [0.25, 0.3) is 11.0 Å². The van der Waals surface area contributed by atoms with Gasteiger partial charge >= 0.3 is 12.1 Å². The van der Waals surface area contributed by atoms with Gasteiger partial charge in [0.05, 0.1) is 18.8 Å². The average molecular weight is 742 g/mol. The van der Waals surface area contributed by atoms with Gasteiger partial charge in [-0.05, 0) is 127 Å². The SMILES string of the molecule is CCCCCCOC(=O)c1cc2cc(NC(=O)[C@@H]3[C@H](C4CCC(OC)CC4)CCN3C(=O)C3CCC([C@@H](CF)NC(=O)OC(C)(C)C)CC3)ccc2o1. The Balaban J connectivity index is 1.26. The Hall–Kier alpha value is -3.67. The number of halogens is 1. The van der Waals surface area contributed by atoms with E-state index in [1.165, 1.54) is 0 Å². The number of carbonyl (C=O) groups is 4. The summed E-state index contributed by atoms with van der Waals surface area (Å²) in [6.45, 7) is 7.55. The number of hydrogen-bond donors (Lipinski definition) is 2. The maximum Gasteiger partial charge on any atom is 0.407 e. The molecule has 2 N–H and O–H groups in total. The second-order valence-corrected chi connectivity index (χ2v) is 16.3. The lowest BCUT2D eigenvalue weighted by Gasteiger charge is -2.38. The Labute approximate surface area is 313 Å². The van der Waals surface area contributed by atoms with Crippen LogP contribution in [0.2, 0.25) is 0 Å². The topological polar surface area (TPSA) is 136 Å². The first kappa shape index (κ1) is 40.5. The standard InChI is InChI=1S/C41H60FN3O8/c1-6-7-8-9-22-51-39(48)35-24-29-23-30(16-19-34(29)52-35)43-37(46)36-32(26-14-17-31(50-5)18-15-26)20-21-45(36)38(47)28-12-10-27(11-13-28)33(25-42)44-40(49)53-41(2,3)4/h16,19,23-24,26-28,31-33,36H,6-15,17-18,20-22,25H2,1-5H3,(H,43,46)(H,44,49)/t26?,27?,28?,31?,32-,33+,36-/m0/s1. The Kier molecular flexibility index (Phi) is 14.2. The Bertz CT molecular complexity index is 1540. The summed E-state index contributed by atoms with van der Waals surface area (Å²) in [5, 5.41) is 6.46. The van der Waals surface area contributed by atoms with Gasteiger partial charge in [0.2, 0.25) is 17.6 Å². The van der Waals surface area contributed by atoms with E-state index in [9.17, 15) is 23.6 Å². The highest BCUT2D eigenvalue weighted by atomic mass is 19.1. The number of benzene rings is 1. The summed E-state index contributed by atoms with van der Waals surface area (Å²) >= 11 is 0. The Morgan fingerprint density at radius 3 is 2.36 bits per heavy atom. The molecular weight excluding hydrogens is 681 g/mol. The second-order valence-electron chi connectivity index (χ2n) is 16.3. The van der Waals surface area contributed by atoms with Crippen molar-refractivity contribution in [2.24, 2.45) is 23.7 Å². The van der Waals surface area contributed by atoms with Crippen LogP contribution in [0.1, 0.15) is 122 Å². The summed E-state index contributed by atoms with van der Waals surface area (Å²) < 4.78 is 36.2. The van der Waals surface area contributed by atoms with Crippen molar-refractivity contribution in [3.63, 3.8) is 0 Å². The van der Waals surface area contributed by atoms with Crippen molar-refractivity contribution in [3.8, 4) is 0 Å². The van der Waals surface area contributed by atoms with E-state index in [4.69, 9.17) is 18.6 Å². The molecule has 3 atom stereocenters. The van der Waals surface area contributed by atoms with Crippen molar-refractivity contribution >= 4 is 40.5 Å². The maximum atomic E-state index is 14.3. The third kappa shape index (κ3) is 10.7. The van der Waals surface area contributed by atoms with Gasteiger partial charge in [0.1, 0.15) is 23.9 Å². The zero-order chi connectivity index (χ0) is 38.1. The molecule has 1 aromatic carbocycles. The van der Waals surface area contributed by atoms with Crippen molar-refractivity contribution in [1.29, 1.82) is 0 Å². The normalized spacial score (nSPS) is 25.5. The van der Waals surface area contributed by atoms with Crippen LogP contribution >= 0.6 is 0 Å². The van der Waals surface area contributed by atoms with E-state index in [-0.39, 0.29) is 41.4 Å². The smallest absolute Gasteiger partial charge is 0.407 e. The van der Waals surface area contributed by atoms with E-state index in [1.54, 1.807) is 57.0 Å². The average Bonchev–Trinajstić information content (AvgIpc) is 3.78. The Morgan fingerprint density at radius 1 is 0.962 bits per heavy atom. The number of rotatable bonds is 14. The molecule has 0 bridgehead atoms. The third-order valence-corrected chi connectivity index (χ3v) is 11.4. The van der Waals surface area contributed by atoms with E-state index in [1.807, 2.05) is 0 Å². The van der Waals surface area contributed by atoms with Crippen molar-refractivity contribution in [3.05, 3.63) is 30.0 Å². The highest BCUT2D eigenvalue weighted by Gasteiger charge is 2.47. The summed E-state index contributed by atoms with van der Waals surface area (Å²) in [6.07, 6.45) is 10.4. The summed E-state index contributed by atoms with van der Waals surface area (Å²) in [5.74, 6) is -0.731. The molecule has 2 saturated carbocycles. The van der Waals surface area contributed by atoms with Gasteiger partial charge < -0.3 is 34.2 Å². The minimum atomic E-state index is -0.709.